The molecule has 0 aliphatic carbocycles. The normalized spacial score (nSPS) is 20.5. The number of nitrogens with zero attached hydrogens (tertiary/aromatic N) is 4. The van der Waals surface area contributed by atoms with E-state index in [1.165, 1.54) is 4.31 Å². The minimum absolute atomic E-state index is 0.0444. The lowest BCUT2D eigenvalue weighted by molar-refractivity contribution is -0.147. The summed E-state index contributed by atoms with van der Waals surface area (Å²) in [6, 6.07) is 3.91. The lowest BCUT2D eigenvalue weighted by Gasteiger charge is -2.34. The highest BCUT2D eigenvalue weighted by Crippen LogP contribution is 2.15. The first kappa shape index (κ1) is 18.9. The molecule has 0 atom stereocenters. The summed E-state index contributed by atoms with van der Waals surface area (Å²) >= 11 is 0. The van der Waals surface area contributed by atoms with Gasteiger partial charge in [-0.1, -0.05) is 0 Å². The van der Waals surface area contributed by atoms with Crippen LogP contribution in [0.25, 0.3) is 0 Å². The minimum Gasteiger partial charge on any atom is -0.296 e. The zero-order chi connectivity index (χ0) is 18.6. The molecule has 3 heterocycles. The number of hydrogen-bond donors (Lipinski definition) is 0. The Hall–Kier alpha value is -1.84. The van der Waals surface area contributed by atoms with Crippen LogP contribution in [-0.4, -0.2) is 77.8 Å². The summed E-state index contributed by atoms with van der Waals surface area (Å²) in [5.74, 6) is -0.730. The van der Waals surface area contributed by atoms with Crippen molar-refractivity contribution in [1.82, 2.24) is 19.1 Å². The van der Waals surface area contributed by atoms with Gasteiger partial charge in [0.15, 0.2) is 0 Å². The highest BCUT2D eigenvalue weighted by molar-refractivity contribution is 7.89. The standard InChI is InChI=1S/C17H24N4O4S/c22-16-2-1-3-17(23)21(16)12-13-26(24,25)20-10-8-19(9-11-20)14-15-4-6-18-7-5-15/h4-7H,1-3,8-14H2. The first-order valence-corrected chi connectivity index (χ1v) is 10.5. The average molecular weight is 380 g/mol. The third-order valence-corrected chi connectivity index (χ3v) is 6.69. The number of carbonyl (C=O) groups excluding carboxylic acids is 2. The Morgan fingerprint density at radius 3 is 2.19 bits per heavy atom. The molecular formula is C17H24N4O4S. The lowest BCUT2D eigenvalue weighted by Crippen LogP contribution is -2.50. The number of likely N-dealkylation sites (tertiary alicyclic amines) is 1. The maximum Gasteiger partial charge on any atom is 0.229 e. The number of piperidine rings is 1. The molecule has 142 valence electrons. The number of piperazine rings is 1. The van der Waals surface area contributed by atoms with E-state index in [2.05, 4.69) is 9.88 Å². The van der Waals surface area contributed by atoms with Crippen molar-refractivity contribution < 1.29 is 18.0 Å². The third kappa shape index (κ3) is 4.66. The Morgan fingerprint density at radius 2 is 1.58 bits per heavy atom. The Balaban J connectivity index is 1.49. The Bertz CT molecular complexity index is 729. The fourth-order valence-electron chi connectivity index (χ4n) is 3.30. The predicted molar refractivity (Wildman–Crippen MR) is 95.4 cm³/mol. The Morgan fingerprint density at radius 1 is 0.962 bits per heavy atom. The zero-order valence-electron chi connectivity index (χ0n) is 14.7. The molecule has 0 spiro atoms. The van der Waals surface area contributed by atoms with Crippen LogP contribution >= 0.6 is 0 Å². The average Bonchev–Trinajstić information content (AvgIpc) is 2.63. The van der Waals surface area contributed by atoms with Gasteiger partial charge in [0, 0.05) is 64.5 Å². The molecule has 8 nitrogen and oxygen atoms in total. The van der Waals surface area contributed by atoms with Crippen LogP contribution in [0.3, 0.4) is 0 Å². The van der Waals surface area contributed by atoms with Gasteiger partial charge >= 0.3 is 0 Å². The van der Waals surface area contributed by atoms with E-state index < -0.39 is 10.0 Å². The maximum absolute atomic E-state index is 12.6. The topological polar surface area (TPSA) is 90.9 Å². The fourth-order valence-corrected chi connectivity index (χ4v) is 4.69. The van der Waals surface area contributed by atoms with Gasteiger partial charge in [0.25, 0.3) is 0 Å². The van der Waals surface area contributed by atoms with E-state index in [-0.39, 0.29) is 24.1 Å². The second kappa shape index (κ2) is 8.24. The summed E-state index contributed by atoms with van der Waals surface area (Å²) < 4.78 is 26.6. The number of carbonyl (C=O) groups is 2. The van der Waals surface area contributed by atoms with Crippen molar-refractivity contribution in [3.05, 3.63) is 30.1 Å². The molecule has 2 saturated heterocycles. The van der Waals surface area contributed by atoms with E-state index in [0.717, 1.165) is 17.0 Å². The molecule has 0 radical (unpaired) electrons. The molecule has 0 aromatic carbocycles. The number of aromatic nitrogens is 1. The molecule has 0 bridgehead atoms. The van der Waals surface area contributed by atoms with Crippen molar-refractivity contribution in [3.8, 4) is 0 Å². The second-order valence-electron chi connectivity index (χ2n) is 6.64. The van der Waals surface area contributed by atoms with Gasteiger partial charge in [-0.15, -0.1) is 0 Å². The monoisotopic (exact) mass is 380 g/mol. The zero-order valence-corrected chi connectivity index (χ0v) is 15.5. The van der Waals surface area contributed by atoms with Gasteiger partial charge in [-0.2, -0.15) is 4.31 Å². The SMILES string of the molecule is O=C1CCCC(=O)N1CCS(=O)(=O)N1CCN(Cc2ccncc2)CC1. The van der Waals surface area contributed by atoms with Crippen LogP contribution in [0.1, 0.15) is 24.8 Å². The molecule has 0 saturated carbocycles. The van der Waals surface area contributed by atoms with Crippen molar-refractivity contribution in [2.24, 2.45) is 0 Å². The van der Waals surface area contributed by atoms with E-state index in [1.54, 1.807) is 12.4 Å². The largest absolute Gasteiger partial charge is 0.296 e. The first-order chi connectivity index (χ1) is 12.5. The second-order valence-corrected chi connectivity index (χ2v) is 8.73. The molecule has 2 aliphatic heterocycles. The summed E-state index contributed by atoms with van der Waals surface area (Å²) in [6.45, 7) is 2.89. The summed E-state index contributed by atoms with van der Waals surface area (Å²) in [5.41, 5.74) is 1.15. The van der Waals surface area contributed by atoms with Gasteiger partial charge < -0.3 is 0 Å². The van der Waals surface area contributed by atoms with Gasteiger partial charge in [-0.25, -0.2) is 8.42 Å². The molecule has 3 rings (SSSR count). The number of hydrogen-bond acceptors (Lipinski definition) is 6. The number of pyridine rings is 1. The summed E-state index contributed by atoms with van der Waals surface area (Å²) in [7, 11) is -3.48. The molecule has 1 aromatic heterocycles. The number of amides is 2. The van der Waals surface area contributed by atoms with Crippen molar-refractivity contribution in [2.75, 3.05) is 38.5 Å². The third-order valence-electron chi connectivity index (χ3n) is 4.84. The summed E-state index contributed by atoms with van der Waals surface area (Å²) in [4.78, 5) is 30.9. The van der Waals surface area contributed by atoms with E-state index in [1.807, 2.05) is 12.1 Å². The molecule has 2 aliphatic rings. The van der Waals surface area contributed by atoms with Crippen LogP contribution in [0.5, 0.6) is 0 Å². The van der Waals surface area contributed by atoms with E-state index in [9.17, 15) is 18.0 Å². The molecule has 0 unspecified atom stereocenters. The highest BCUT2D eigenvalue weighted by atomic mass is 32.2. The lowest BCUT2D eigenvalue weighted by atomic mass is 10.1. The Labute approximate surface area is 153 Å². The van der Waals surface area contributed by atoms with Gasteiger partial charge in [0.1, 0.15) is 0 Å². The van der Waals surface area contributed by atoms with E-state index >= 15 is 0 Å². The quantitative estimate of drug-likeness (QED) is 0.649. The van der Waals surface area contributed by atoms with E-state index in [4.69, 9.17) is 0 Å². The van der Waals surface area contributed by atoms with Crippen LogP contribution in [-0.2, 0) is 26.2 Å². The van der Waals surface area contributed by atoms with E-state index in [0.29, 0.717) is 45.4 Å². The van der Waals surface area contributed by atoms with Crippen LogP contribution < -0.4 is 0 Å². The number of imide groups is 1. The molecule has 2 amide bonds. The highest BCUT2D eigenvalue weighted by Gasteiger charge is 2.31. The van der Waals surface area contributed by atoms with Crippen molar-refractivity contribution >= 4 is 21.8 Å². The summed E-state index contributed by atoms with van der Waals surface area (Å²) in [5, 5.41) is 0. The van der Waals surface area contributed by atoms with Gasteiger partial charge in [-0.3, -0.25) is 24.4 Å². The van der Waals surface area contributed by atoms with Crippen molar-refractivity contribution in [1.29, 1.82) is 0 Å². The van der Waals surface area contributed by atoms with Crippen molar-refractivity contribution in [2.45, 2.75) is 25.8 Å². The molecule has 2 fully saturated rings. The van der Waals surface area contributed by atoms with Crippen LogP contribution in [0, 0.1) is 0 Å². The van der Waals surface area contributed by atoms with Crippen LogP contribution in [0.2, 0.25) is 0 Å². The minimum atomic E-state index is -3.48. The predicted octanol–water partition coefficient (Wildman–Crippen LogP) is 0.0681. The van der Waals surface area contributed by atoms with Gasteiger partial charge in [0.05, 0.1) is 5.75 Å². The molecule has 9 heteroatoms. The molecular weight excluding hydrogens is 356 g/mol. The molecule has 0 N–H and O–H groups in total. The first-order valence-electron chi connectivity index (χ1n) is 8.88. The van der Waals surface area contributed by atoms with Gasteiger partial charge in [-0.05, 0) is 24.1 Å². The number of sulfonamides is 1. The van der Waals surface area contributed by atoms with Crippen LogP contribution in [0.15, 0.2) is 24.5 Å². The van der Waals surface area contributed by atoms with Crippen molar-refractivity contribution in [3.63, 3.8) is 0 Å². The van der Waals surface area contributed by atoms with Crippen LogP contribution in [0.4, 0.5) is 0 Å². The summed E-state index contributed by atoms with van der Waals surface area (Å²) in [6.07, 6.45) is 4.69. The van der Waals surface area contributed by atoms with Gasteiger partial charge in [0.2, 0.25) is 21.8 Å². The maximum atomic E-state index is 12.6. The fraction of sp³-hybridized carbons (Fsp3) is 0.588. The molecule has 1 aromatic rings. The smallest absolute Gasteiger partial charge is 0.229 e. The molecule has 26 heavy (non-hydrogen) atoms. The number of rotatable bonds is 6. The Kier molecular flexibility index (Phi) is 6.00.